The van der Waals surface area contributed by atoms with Crippen LogP contribution in [-0.4, -0.2) is 23.7 Å². The van der Waals surface area contributed by atoms with Gasteiger partial charge in [0.05, 0.1) is 17.2 Å². The van der Waals surface area contributed by atoms with E-state index in [1.807, 2.05) is 0 Å². The summed E-state index contributed by atoms with van der Waals surface area (Å²) >= 11 is 11.8. The lowest BCUT2D eigenvalue weighted by atomic mass is 10.2. The number of benzene rings is 2. The van der Waals surface area contributed by atoms with E-state index in [4.69, 9.17) is 37.8 Å². The van der Waals surface area contributed by atoms with Gasteiger partial charge in [-0.3, -0.25) is 4.79 Å². The Balaban J connectivity index is 1.74. The quantitative estimate of drug-likeness (QED) is 0.443. The molecule has 2 rings (SSSR count). The molecule has 0 unspecified atom stereocenters. The maximum atomic E-state index is 11.7. The van der Waals surface area contributed by atoms with E-state index in [0.717, 1.165) is 0 Å². The molecule has 1 N–H and O–H groups in total. The first-order chi connectivity index (χ1) is 11.5. The van der Waals surface area contributed by atoms with Gasteiger partial charge in [0.25, 0.3) is 0 Å². The van der Waals surface area contributed by atoms with Crippen molar-refractivity contribution >= 4 is 35.1 Å². The summed E-state index contributed by atoms with van der Waals surface area (Å²) in [6.07, 6.45) is 0.608. The molecule has 7 heteroatoms. The maximum absolute atomic E-state index is 11.7. The molecule has 2 aromatic carbocycles. The maximum Gasteiger partial charge on any atom is 0.335 e. The van der Waals surface area contributed by atoms with Crippen LogP contribution in [0.3, 0.4) is 0 Å². The lowest BCUT2D eigenvalue weighted by Gasteiger charge is -2.08. The highest BCUT2D eigenvalue weighted by atomic mass is 35.5. The Kier molecular flexibility index (Phi) is 6.46. The van der Waals surface area contributed by atoms with Crippen LogP contribution in [0.2, 0.25) is 10.0 Å². The van der Waals surface area contributed by atoms with Gasteiger partial charge in [-0.25, -0.2) is 4.79 Å². The molecule has 0 saturated heterocycles. The molecule has 0 bridgehead atoms. The third kappa shape index (κ3) is 5.44. The third-order valence-corrected chi connectivity index (χ3v) is 3.54. The van der Waals surface area contributed by atoms with Crippen LogP contribution in [0.5, 0.6) is 11.5 Å². The molecule has 0 amide bonds. The van der Waals surface area contributed by atoms with E-state index in [2.05, 4.69) is 0 Å². The van der Waals surface area contributed by atoms with Crippen molar-refractivity contribution in [2.45, 2.75) is 12.8 Å². The van der Waals surface area contributed by atoms with Crippen LogP contribution >= 0.6 is 23.2 Å². The Morgan fingerprint density at radius 3 is 2.38 bits per heavy atom. The number of ether oxygens (including phenoxy) is 2. The number of rotatable bonds is 7. The number of hydrogen-bond donors (Lipinski definition) is 1. The largest absolute Gasteiger partial charge is 0.492 e. The second-order valence-corrected chi connectivity index (χ2v) is 5.67. The van der Waals surface area contributed by atoms with Gasteiger partial charge in [-0.2, -0.15) is 0 Å². The molecule has 0 aliphatic carbocycles. The van der Waals surface area contributed by atoms with Crippen molar-refractivity contribution in [2.75, 3.05) is 6.61 Å². The van der Waals surface area contributed by atoms with E-state index in [1.165, 1.54) is 24.3 Å². The molecular weight excluding hydrogens is 355 g/mol. The molecule has 0 radical (unpaired) electrons. The summed E-state index contributed by atoms with van der Waals surface area (Å²) in [5.74, 6) is -0.667. The minimum Gasteiger partial charge on any atom is -0.492 e. The van der Waals surface area contributed by atoms with Crippen LogP contribution in [0.15, 0.2) is 42.5 Å². The third-order valence-electron chi connectivity index (χ3n) is 3.01. The summed E-state index contributed by atoms with van der Waals surface area (Å²) in [5.41, 5.74) is 0.128. The molecule has 0 atom stereocenters. The van der Waals surface area contributed by atoms with E-state index < -0.39 is 11.9 Å². The first-order valence-corrected chi connectivity index (χ1v) is 7.83. The molecule has 0 aromatic heterocycles. The zero-order valence-corrected chi connectivity index (χ0v) is 14.0. The van der Waals surface area contributed by atoms with Crippen molar-refractivity contribution in [1.82, 2.24) is 0 Å². The zero-order valence-electron chi connectivity index (χ0n) is 12.5. The first kappa shape index (κ1) is 18.1. The van der Waals surface area contributed by atoms with E-state index >= 15 is 0 Å². The highest BCUT2D eigenvalue weighted by Gasteiger charge is 2.08. The molecule has 0 saturated carbocycles. The predicted octanol–water partition coefficient (Wildman–Crippen LogP) is 4.46. The number of aromatic carboxylic acids is 1. The molecule has 0 spiro atoms. The highest BCUT2D eigenvalue weighted by molar-refractivity contribution is 6.35. The molecule has 0 fully saturated rings. The molecule has 0 aliphatic heterocycles. The summed E-state index contributed by atoms with van der Waals surface area (Å²) in [7, 11) is 0. The molecule has 126 valence electrons. The van der Waals surface area contributed by atoms with Crippen molar-refractivity contribution in [3.8, 4) is 11.5 Å². The molecule has 2 aromatic rings. The van der Waals surface area contributed by atoms with Crippen molar-refractivity contribution in [1.29, 1.82) is 0 Å². The topological polar surface area (TPSA) is 72.8 Å². The number of carboxylic acids is 1. The van der Waals surface area contributed by atoms with E-state index in [-0.39, 0.29) is 12.0 Å². The second-order valence-electron chi connectivity index (χ2n) is 4.83. The fraction of sp³-hybridized carbons (Fsp3) is 0.176. The van der Waals surface area contributed by atoms with Gasteiger partial charge in [0, 0.05) is 11.4 Å². The fourth-order valence-electron chi connectivity index (χ4n) is 1.84. The Labute approximate surface area is 148 Å². The van der Waals surface area contributed by atoms with Gasteiger partial charge in [-0.1, -0.05) is 23.2 Å². The average molecular weight is 369 g/mol. The van der Waals surface area contributed by atoms with Crippen LogP contribution in [0.4, 0.5) is 0 Å². The molecular formula is C17H14Cl2O5. The lowest BCUT2D eigenvalue weighted by Crippen LogP contribution is -2.10. The SMILES string of the molecule is O=C(CCCOc1ccc(Cl)cc1Cl)Oc1ccc(C(=O)O)cc1. The fourth-order valence-corrected chi connectivity index (χ4v) is 2.30. The van der Waals surface area contributed by atoms with Crippen LogP contribution in [0.1, 0.15) is 23.2 Å². The standard InChI is InChI=1S/C17H14Cl2O5/c18-12-5-8-15(14(19)10-12)23-9-1-2-16(20)24-13-6-3-11(4-7-13)17(21)22/h3-8,10H,1-2,9H2,(H,21,22). The molecule has 0 aliphatic rings. The smallest absolute Gasteiger partial charge is 0.335 e. The average Bonchev–Trinajstić information content (AvgIpc) is 2.53. The second kappa shape index (κ2) is 8.57. The number of hydrogen-bond acceptors (Lipinski definition) is 4. The van der Waals surface area contributed by atoms with Crippen molar-refractivity contribution in [2.24, 2.45) is 0 Å². The minimum absolute atomic E-state index is 0.128. The number of esters is 1. The first-order valence-electron chi connectivity index (χ1n) is 7.07. The zero-order chi connectivity index (χ0) is 17.5. The summed E-state index contributed by atoms with van der Waals surface area (Å²) in [4.78, 5) is 22.4. The highest BCUT2D eigenvalue weighted by Crippen LogP contribution is 2.27. The van der Waals surface area contributed by atoms with E-state index in [0.29, 0.717) is 34.6 Å². The van der Waals surface area contributed by atoms with Crippen LogP contribution in [0, 0.1) is 0 Å². The monoisotopic (exact) mass is 368 g/mol. The molecule has 5 nitrogen and oxygen atoms in total. The molecule has 0 heterocycles. The summed E-state index contributed by atoms with van der Waals surface area (Å²) in [5, 5.41) is 9.72. The van der Waals surface area contributed by atoms with Crippen molar-refractivity contribution in [3.05, 3.63) is 58.1 Å². The van der Waals surface area contributed by atoms with Gasteiger partial charge in [-0.05, 0) is 48.9 Å². The number of halogens is 2. The Hall–Kier alpha value is -2.24. The van der Waals surface area contributed by atoms with Crippen LogP contribution in [-0.2, 0) is 4.79 Å². The number of carboxylic acid groups (broad SMARTS) is 1. The minimum atomic E-state index is -1.04. The lowest BCUT2D eigenvalue weighted by molar-refractivity contribution is -0.134. The Morgan fingerprint density at radius 2 is 1.75 bits per heavy atom. The number of carbonyl (C=O) groups excluding carboxylic acids is 1. The van der Waals surface area contributed by atoms with Gasteiger partial charge in [0.2, 0.25) is 0 Å². The van der Waals surface area contributed by atoms with Gasteiger partial charge in [-0.15, -0.1) is 0 Å². The van der Waals surface area contributed by atoms with Gasteiger partial charge in [0.15, 0.2) is 0 Å². The van der Waals surface area contributed by atoms with Crippen molar-refractivity contribution in [3.63, 3.8) is 0 Å². The van der Waals surface area contributed by atoms with Gasteiger partial charge >= 0.3 is 11.9 Å². The predicted molar refractivity (Wildman–Crippen MR) is 90.2 cm³/mol. The summed E-state index contributed by atoms with van der Waals surface area (Å²) in [6, 6.07) is 10.5. The summed E-state index contributed by atoms with van der Waals surface area (Å²) in [6.45, 7) is 0.300. The van der Waals surface area contributed by atoms with Crippen LogP contribution in [0.25, 0.3) is 0 Å². The Morgan fingerprint density at radius 1 is 1.04 bits per heavy atom. The van der Waals surface area contributed by atoms with E-state index in [1.54, 1.807) is 18.2 Å². The number of carbonyl (C=O) groups is 2. The normalized spacial score (nSPS) is 10.2. The van der Waals surface area contributed by atoms with Crippen molar-refractivity contribution < 1.29 is 24.2 Å². The molecule has 24 heavy (non-hydrogen) atoms. The van der Waals surface area contributed by atoms with E-state index in [9.17, 15) is 9.59 Å². The van der Waals surface area contributed by atoms with Gasteiger partial charge < -0.3 is 14.6 Å². The Bertz CT molecular complexity index is 728. The van der Waals surface area contributed by atoms with Gasteiger partial charge in [0.1, 0.15) is 11.5 Å². The van der Waals surface area contributed by atoms with Crippen LogP contribution < -0.4 is 9.47 Å². The summed E-state index contributed by atoms with van der Waals surface area (Å²) < 4.78 is 10.6.